The second-order valence-electron chi connectivity index (χ2n) is 4.82. The van der Waals surface area contributed by atoms with Gasteiger partial charge in [-0.15, -0.1) is 11.3 Å². The van der Waals surface area contributed by atoms with E-state index in [4.69, 9.17) is 5.73 Å². The number of nitrogens with two attached hydrogens (primary N) is 1. The summed E-state index contributed by atoms with van der Waals surface area (Å²) in [6.07, 6.45) is 3.61. The molecule has 96 valence electrons. The van der Waals surface area contributed by atoms with Crippen molar-refractivity contribution in [3.8, 4) is 0 Å². The zero-order valence-electron chi connectivity index (χ0n) is 10.9. The highest BCUT2D eigenvalue weighted by molar-refractivity contribution is 7.11. The molecule has 0 bridgehead atoms. The van der Waals surface area contributed by atoms with Crippen molar-refractivity contribution in [3.63, 3.8) is 0 Å². The number of rotatable bonds is 4. The maximum absolute atomic E-state index is 5.60. The van der Waals surface area contributed by atoms with Crippen molar-refractivity contribution in [1.82, 2.24) is 9.88 Å². The van der Waals surface area contributed by atoms with E-state index in [1.165, 1.54) is 41.5 Å². The molecule has 1 fully saturated rings. The van der Waals surface area contributed by atoms with Gasteiger partial charge in [-0.3, -0.25) is 0 Å². The van der Waals surface area contributed by atoms with Gasteiger partial charge in [0.05, 0.1) is 10.7 Å². The van der Waals surface area contributed by atoms with E-state index < -0.39 is 0 Å². The number of hydrogen-bond acceptors (Lipinski definition) is 4. The quantitative estimate of drug-likeness (QED) is 0.894. The fourth-order valence-electron chi connectivity index (χ4n) is 2.60. The molecule has 0 aromatic carbocycles. The van der Waals surface area contributed by atoms with E-state index >= 15 is 0 Å². The second kappa shape index (κ2) is 5.94. The van der Waals surface area contributed by atoms with Gasteiger partial charge in [0.2, 0.25) is 0 Å². The third-order valence-corrected chi connectivity index (χ3v) is 5.05. The van der Waals surface area contributed by atoms with Gasteiger partial charge in [0.15, 0.2) is 0 Å². The van der Waals surface area contributed by atoms with Crippen LogP contribution in [0, 0.1) is 6.92 Å². The van der Waals surface area contributed by atoms with Crippen LogP contribution in [-0.4, -0.2) is 36.1 Å². The topological polar surface area (TPSA) is 42.2 Å². The molecule has 0 spiro atoms. The molecule has 1 aromatic heterocycles. The zero-order chi connectivity index (χ0) is 12.3. The number of hydrogen-bond donors (Lipinski definition) is 1. The summed E-state index contributed by atoms with van der Waals surface area (Å²) in [7, 11) is 0. The summed E-state index contributed by atoms with van der Waals surface area (Å²) >= 11 is 1.93. The van der Waals surface area contributed by atoms with Gasteiger partial charge in [0.25, 0.3) is 0 Å². The third-order valence-electron chi connectivity index (χ3n) is 3.58. The van der Waals surface area contributed by atoms with Crippen LogP contribution in [0.5, 0.6) is 0 Å². The Labute approximate surface area is 108 Å². The molecule has 0 atom stereocenters. The van der Waals surface area contributed by atoms with Crippen LogP contribution in [0.25, 0.3) is 0 Å². The molecule has 0 aliphatic carbocycles. The van der Waals surface area contributed by atoms with Crippen LogP contribution in [0.15, 0.2) is 0 Å². The summed E-state index contributed by atoms with van der Waals surface area (Å²) in [6, 6.07) is 0. The van der Waals surface area contributed by atoms with Crippen LogP contribution in [0.1, 0.15) is 41.3 Å². The Hall–Kier alpha value is -0.450. The summed E-state index contributed by atoms with van der Waals surface area (Å²) < 4.78 is 0. The molecule has 1 aromatic rings. The molecule has 0 amide bonds. The number of piperidine rings is 1. The van der Waals surface area contributed by atoms with Crippen LogP contribution in [-0.2, 0) is 6.42 Å². The molecule has 0 unspecified atom stereocenters. The summed E-state index contributed by atoms with van der Waals surface area (Å²) in [6.45, 7) is 8.57. The SMILES string of the molecule is CCc1nc(C)c(C2CCN(CCN)CC2)s1. The maximum Gasteiger partial charge on any atom is 0.0928 e. The molecule has 1 aliphatic heterocycles. The lowest BCUT2D eigenvalue weighted by atomic mass is 9.94. The largest absolute Gasteiger partial charge is 0.329 e. The summed E-state index contributed by atoms with van der Waals surface area (Å²) in [5.74, 6) is 0.738. The van der Waals surface area contributed by atoms with Crippen LogP contribution >= 0.6 is 11.3 Å². The highest BCUT2D eigenvalue weighted by Gasteiger charge is 2.23. The van der Waals surface area contributed by atoms with Crippen molar-refractivity contribution in [1.29, 1.82) is 0 Å². The van der Waals surface area contributed by atoms with Gasteiger partial charge in [-0.2, -0.15) is 0 Å². The Morgan fingerprint density at radius 3 is 2.65 bits per heavy atom. The Balaban J connectivity index is 1.97. The fourth-order valence-corrected chi connectivity index (χ4v) is 3.77. The van der Waals surface area contributed by atoms with Gasteiger partial charge in [-0.1, -0.05) is 6.92 Å². The van der Waals surface area contributed by atoms with Crippen LogP contribution < -0.4 is 5.73 Å². The van der Waals surface area contributed by atoms with Gasteiger partial charge in [-0.05, 0) is 45.2 Å². The monoisotopic (exact) mass is 253 g/mol. The minimum atomic E-state index is 0.738. The van der Waals surface area contributed by atoms with Gasteiger partial charge < -0.3 is 10.6 Å². The summed E-state index contributed by atoms with van der Waals surface area (Å²) in [4.78, 5) is 8.66. The predicted molar refractivity (Wildman–Crippen MR) is 73.7 cm³/mol. The lowest BCUT2D eigenvalue weighted by molar-refractivity contribution is 0.218. The molecule has 2 rings (SSSR count). The zero-order valence-corrected chi connectivity index (χ0v) is 11.7. The second-order valence-corrected chi connectivity index (χ2v) is 5.93. The molecule has 4 heteroatoms. The Morgan fingerprint density at radius 2 is 2.12 bits per heavy atom. The lowest BCUT2D eigenvalue weighted by Crippen LogP contribution is -2.36. The Morgan fingerprint density at radius 1 is 1.41 bits per heavy atom. The fraction of sp³-hybridized carbons (Fsp3) is 0.769. The van der Waals surface area contributed by atoms with Gasteiger partial charge in [0, 0.05) is 18.0 Å². The molecule has 0 radical (unpaired) electrons. The number of aromatic nitrogens is 1. The first-order chi connectivity index (χ1) is 8.24. The number of aryl methyl sites for hydroxylation is 2. The number of likely N-dealkylation sites (tertiary alicyclic amines) is 1. The van der Waals surface area contributed by atoms with Gasteiger partial charge in [-0.25, -0.2) is 4.98 Å². The Bertz CT molecular complexity index is 354. The van der Waals surface area contributed by atoms with Crippen LogP contribution in [0.4, 0.5) is 0 Å². The van der Waals surface area contributed by atoms with Crippen molar-refractivity contribution in [3.05, 3.63) is 15.6 Å². The molecule has 1 aliphatic rings. The average Bonchev–Trinajstić information content (AvgIpc) is 2.72. The summed E-state index contributed by atoms with van der Waals surface area (Å²) in [5, 5.41) is 1.29. The highest BCUT2D eigenvalue weighted by atomic mass is 32.1. The first-order valence-corrected chi connectivity index (χ1v) is 7.44. The molecule has 2 N–H and O–H groups in total. The van der Waals surface area contributed by atoms with Crippen LogP contribution in [0.3, 0.4) is 0 Å². The van der Waals surface area contributed by atoms with Crippen molar-refractivity contribution in [2.45, 2.75) is 39.0 Å². The lowest BCUT2D eigenvalue weighted by Gasteiger charge is -2.31. The molecule has 2 heterocycles. The minimum absolute atomic E-state index is 0.738. The van der Waals surface area contributed by atoms with Crippen molar-refractivity contribution in [2.75, 3.05) is 26.2 Å². The standard InChI is InChI=1S/C13H23N3S/c1-3-12-15-10(2)13(17-12)11-4-7-16(8-5-11)9-6-14/h11H,3-9,14H2,1-2H3. The van der Waals surface area contributed by atoms with E-state index in [0.717, 1.165) is 25.4 Å². The van der Waals surface area contributed by atoms with Crippen molar-refractivity contribution >= 4 is 11.3 Å². The smallest absolute Gasteiger partial charge is 0.0928 e. The third kappa shape index (κ3) is 3.06. The molecule has 17 heavy (non-hydrogen) atoms. The first kappa shape index (κ1) is 13.0. The predicted octanol–water partition coefficient (Wildman–Crippen LogP) is 2.15. The minimum Gasteiger partial charge on any atom is -0.329 e. The van der Waals surface area contributed by atoms with Crippen LogP contribution in [0.2, 0.25) is 0 Å². The Kier molecular flexibility index (Phi) is 4.54. The maximum atomic E-state index is 5.60. The molecule has 1 saturated heterocycles. The first-order valence-electron chi connectivity index (χ1n) is 6.63. The van der Waals surface area contributed by atoms with E-state index in [2.05, 4.69) is 23.7 Å². The van der Waals surface area contributed by atoms with Crippen molar-refractivity contribution < 1.29 is 0 Å². The molecule has 3 nitrogen and oxygen atoms in total. The molecular formula is C13H23N3S. The van der Waals surface area contributed by atoms with E-state index in [9.17, 15) is 0 Å². The normalized spacial score (nSPS) is 18.8. The summed E-state index contributed by atoms with van der Waals surface area (Å²) in [5.41, 5.74) is 6.87. The average molecular weight is 253 g/mol. The molecule has 0 saturated carbocycles. The number of thiazole rings is 1. The number of nitrogens with zero attached hydrogens (tertiary/aromatic N) is 2. The highest BCUT2D eigenvalue weighted by Crippen LogP contribution is 2.34. The van der Waals surface area contributed by atoms with Gasteiger partial charge >= 0.3 is 0 Å². The van der Waals surface area contributed by atoms with E-state index in [-0.39, 0.29) is 0 Å². The van der Waals surface area contributed by atoms with Crippen molar-refractivity contribution in [2.24, 2.45) is 5.73 Å². The van der Waals surface area contributed by atoms with Gasteiger partial charge in [0.1, 0.15) is 0 Å². The molecular weight excluding hydrogens is 230 g/mol. The van der Waals surface area contributed by atoms with E-state index in [1.54, 1.807) is 0 Å². The van der Waals surface area contributed by atoms with E-state index in [0.29, 0.717) is 0 Å². The van der Waals surface area contributed by atoms with E-state index in [1.807, 2.05) is 11.3 Å².